The van der Waals surface area contributed by atoms with Crippen LogP contribution in [0.5, 0.6) is 0 Å². The summed E-state index contributed by atoms with van der Waals surface area (Å²) in [5.41, 5.74) is 0. The van der Waals surface area contributed by atoms with Gasteiger partial charge in [-0.2, -0.15) is 0 Å². The zero-order chi connectivity index (χ0) is 9.42. The van der Waals surface area contributed by atoms with Crippen LogP contribution in [-0.4, -0.2) is 41.3 Å². The first-order valence-electron chi connectivity index (χ1n) is 4.91. The smallest absolute Gasteiger partial charge is 0.407 e. The standard InChI is InChI=1S/C9H16N2O2/c1-6-4-7-2-3-11(9(12)13)8(7)5-10-6/h6-8,10H,2-5H2,1H3,(H,12,13)/t6-,7-,8+/m1/s1. The van der Waals surface area contributed by atoms with Crippen LogP contribution < -0.4 is 5.32 Å². The number of piperidine rings is 1. The predicted molar refractivity (Wildman–Crippen MR) is 48.7 cm³/mol. The van der Waals surface area contributed by atoms with Gasteiger partial charge >= 0.3 is 6.09 Å². The number of hydrogen-bond acceptors (Lipinski definition) is 2. The number of nitrogens with zero attached hydrogens (tertiary/aromatic N) is 1. The van der Waals surface area contributed by atoms with Crippen LogP contribution in [0.1, 0.15) is 19.8 Å². The third-order valence-electron chi connectivity index (χ3n) is 3.26. The molecule has 0 saturated carbocycles. The lowest BCUT2D eigenvalue weighted by molar-refractivity contribution is 0.124. The molecule has 0 unspecified atom stereocenters. The highest BCUT2D eigenvalue weighted by atomic mass is 16.4. The van der Waals surface area contributed by atoms with E-state index >= 15 is 0 Å². The molecule has 3 atom stereocenters. The number of nitrogens with one attached hydrogen (secondary N) is 1. The third-order valence-corrected chi connectivity index (χ3v) is 3.26. The molecule has 13 heavy (non-hydrogen) atoms. The second-order valence-corrected chi connectivity index (χ2v) is 4.14. The molecule has 0 aromatic heterocycles. The Morgan fingerprint density at radius 2 is 2.38 bits per heavy atom. The zero-order valence-corrected chi connectivity index (χ0v) is 7.86. The Labute approximate surface area is 77.9 Å². The maximum absolute atomic E-state index is 10.8. The van der Waals surface area contributed by atoms with Crippen molar-refractivity contribution in [3.8, 4) is 0 Å². The highest BCUT2D eigenvalue weighted by Gasteiger charge is 2.39. The Hall–Kier alpha value is -0.770. The van der Waals surface area contributed by atoms with Gasteiger partial charge in [-0.1, -0.05) is 0 Å². The molecule has 2 aliphatic rings. The van der Waals surface area contributed by atoms with E-state index in [1.807, 2.05) is 0 Å². The van der Waals surface area contributed by atoms with Gasteiger partial charge < -0.3 is 15.3 Å². The fourth-order valence-electron chi connectivity index (χ4n) is 2.57. The van der Waals surface area contributed by atoms with E-state index in [1.165, 1.54) is 0 Å². The predicted octanol–water partition coefficient (Wildman–Crippen LogP) is 0.737. The first-order chi connectivity index (χ1) is 6.18. The molecule has 0 aromatic carbocycles. The number of hydrogen-bond donors (Lipinski definition) is 2. The van der Waals surface area contributed by atoms with Crippen LogP contribution in [0.3, 0.4) is 0 Å². The van der Waals surface area contributed by atoms with Crippen molar-refractivity contribution in [2.75, 3.05) is 13.1 Å². The lowest BCUT2D eigenvalue weighted by Crippen LogP contribution is -2.50. The molecule has 4 heteroatoms. The molecule has 0 bridgehead atoms. The largest absolute Gasteiger partial charge is 0.465 e. The highest BCUT2D eigenvalue weighted by molar-refractivity contribution is 5.66. The summed E-state index contributed by atoms with van der Waals surface area (Å²) in [6, 6.07) is 0.781. The van der Waals surface area contributed by atoms with Gasteiger partial charge in [0.15, 0.2) is 0 Å². The average Bonchev–Trinajstić information content (AvgIpc) is 2.46. The van der Waals surface area contributed by atoms with Gasteiger partial charge in [0.1, 0.15) is 0 Å². The van der Waals surface area contributed by atoms with Crippen LogP contribution in [0.2, 0.25) is 0 Å². The molecule has 0 radical (unpaired) electrons. The van der Waals surface area contributed by atoms with E-state index in [0.717, 1.165) is 25.9 Å². The molecule has 74 valence electrons. The topological polar surface area (TPSA) is 52.6 Å². The van der Waals surface area contributed by atoms with Gasteiger partial charge in [-0.3, -0.25) is 0 Å². The third kappa shape index (κ3) is 1.50. The summed E-state index contributed by atoms with van der Waals surface area (Å²) in [4.78, 5) is 12.4. The Morgan fingerprint density at radius 1 is 1.62 bits per heavy atom. The second-order valence-electron chi connectivity index (χ2n) is 4.14. The minimum Gasteiger partial charge on any atom is -0.465 e. The van der Waals surface area contributed by atoms with Crippen molar-refractivity contribution in [1.29, 1.82) is 0 Å². The molecule has 2 aliphatic heterocycles. The van der Waals surface area contributed by atoms with Gasteiger partial charge in [0.2, 0.25) is 0 Å². The van der Waals surface area contributed by atoms with Gasteiger partial charge in [0.05, 0.1) is 6.04 Å². The zero-order valence-electron chi connectivity index (χ0n) is 7.86. The number of amides is 1. The molecule has 2 N–H and O–H groups in total. The van der Waals surface area contributed by atoms with E-state index in [4.69, 9.17) is 5.11 Å². The molecule has 0 aromatic rings. The Kier molecular flexibility index (Phi) is 2.15. The summed E-state index contributed by atoms with van der Waals surface area (Å²) in [6.45, 7) is 3.72. The van der Waals surface area contributed by atoms with E-state index in [2.05, 4.69) is 12.2 Å². The maximum Gasteiger partial charge on any atom is 0.407 e. The minimum atomic E-state index is -0.760. The van der Waals surface area contributed by atoms with Crippen molar-refractivity contribution >= 4 is 6.09 Å². The number of rotatable bonds is 0. The summed E-state index contributed by atoms with van der Waals surface area (Å²) in [5, 5.41) is 12.2. The Balaban J connectivity index is 2.04. The molecule has 2 heterocycles. The van der Waals surface area contributed by atoms with Crippen molar-refractivity contribution in [3.05, 3.63) is 0 Å². The fraction of sp³-hybridized carbons (Fsp3) is 0.889. The number of carboxylic acid groups (broad SMARTS) is 1. The Bertz CT molecular complexity index is 220. The summed E-state index contributed by atoms with van der Waals surface area (Å²) in [5.74, 6) is 0.590. The van der Waals surface area contributed by atoms with Crippen LogP contribution in [0, 0.1) is 5.92 Å². The van der Waals surface area contributed by atoms with Crippen LogP contribution in [0.4, 0.5) is 4.79 Å². The first-order valence-corrected chi connectivity index (χ1v) is 4.91. The summed E-state index contributed by atoms with van der Waals surface area (Å²) in [7, 11) is 0. The van der Waals surface area contributed by atoms with E-state index in [0.29, 0.717) is 12.0 Å². The lowest BCUT2D eigenvalue weighted by Gasteiger charge is -2.34. The molecule has 0 spiro atoms. The SMILES string of the molecule is C[C@@H]1C[C@H]2CCN(C(=O)O)[C@H]2CN1. The van der Waals surface area contributed by atoms with Crippen molar-refractivity contribution < 1.29 is 9.90 Å². The molecule has 0 aliphatic carbocycles. The highest BCUT2D eigenvalue weighted by Crippen LogP contribution is 2.30. The quantitative estimate of drug-likeness (QED) is 0.583. The molecule has 2 rings (SSSR count). The van der Waals surface area contributed by atoms with Crippen molar-refractivity contribution in [1.82, 2.24) is 10.2 Å². The summed E-state index contributed by atoms with van der Waals surface area (Å²) < 4.78 is 0. The average molecular weight is 184 g/mol. The van der Waals surface area contributed by atoms with Crippen LogP contribution in [0.25, 0.3) is 0 Å². The van der Waals surface area contributed by atoms with Gasteiger partial charge in [-0.25, -0.2) is 4.79 Å². The van der Waals surface area contributed by atoms with Crippen LogP contribution in [-0.2, 0) is 0 Å². The van der Waals surface area contributed by atoms with E-state index in [1.54, 1.807) is 4.90 Å². The first kappa shape index (κ1) is 8.81. The molecular weight excluding hydrogens is 168 g/mol. The van der Waals surface area contributed by atoms with E-state index < -0.39 is 6.09 Å². The number of carbonyl (C=O) groups is 1. The van der Waals surface area contributed by atoms with Gasteiger partial charge in [0, 0.05) is 19.1 Å². The Morgan fingerprint density at radius 3 is 3.08 bits per heavy atom. The van der Waals surface area contributed by atoms with Gasteiger partial charge in [-0.15, -0.1) is 0 Å². The van der Waals surface area contributed by atoms with Gasteiger partial charge in [-0.05, 0) is 25.7 Å². The summed E-state index contributed by atoms with van der Waals surface area (Å²) in [6.07, 6.45) is 1.40. The molecule has 1 amide bonds. The minimum absolute atomic E-state index is 0.230. The van der Waals surface area contributed by atoms with Crippen LogP contribution >= 0.6 is 0 Å². The summed E-state index contributed by atoms with van der Waals surface area (Å²) >= 11 is 0. The van der Waals surface area contributed by atoms with Crippen molar-refractivity contribution in [3.63, 3.8) is 0 Å². The molecule has 2 saturated heterocycles. The molecule has 2 fully saturated rings. The number of likely N-dealkylation sites (tertiary alicyclic amines) is 1. The lowest BCUT2D eigenvalue weighted by atomic mass is 9.89. The van der Waals surface area contributed by atoms with Crippen molar-refractivity contribution in [2.24, 2.45) is 5.92 Å². The van der Waals surface area contributed by atoms with Gasteiger partial charge in [0.25, 0.3) is 0 Å². The molecular formula is C9H16N2O2. The van der Waals surface area contributed by atoms with Crippen LogP contribution in [0.15, 0.2) is 0 Å². The second kappa shape index (κ2) is 3.18. The monoisotopic (exact) mass is 184 g/mol. The molecule has 4 nitrogen and oxygen atoms in total. The maximum atomic E-state index is 10.8. The van der Waals surface area contributed by atoms with E-state index in [-0.39, 0.29) is 6.04 Å². The van der Waals surface area contributed by atoms with E-state index in [9.17, 15) is 4.79 Å². The van der Waals surface area contributed by atoms with Crippen molar-refractivity contribution in [2.45, 2.75) is 31.8 Å². The fourth-order valence-corrected chi connectivity index (χ4v) is 2.57. The number of fused-ring (bicyclic) bond motifs is 1. The normalized spacial score (nSPS) is 38.8.